The Morgan fingerprint density at radius 1 is 1.23 bits per heavy atom. The van der Waals surface area contributed by atoms with Crippen molar-refractivity contribution < 1.29 is 23.3 Å². The quantitative estimate of drug-likeness (QED) is 0.359. The Morgan fingerprint density at radius 3 is 2.63 bits per heavy atom. The van der Waals surface area contributed by atoms with Crippen LogP contribution in [0.25, 0.3) is 0 Å². The summed E-state index contributed by atoms with van der Waals surface area (Å²) in [6.45, 7) is 8.59. The van der Waals surface area contributed by atoms with Gasteiger partial charge in [0, 0.05) is 5.56 Å². The number of benzene rings is 1. The molecule has 9 heteroatoms. The van der Waals surface area contributed by atoms with Crippen LogP contribution in [0.3, 0.4) is 0 Å². The van der Waals surface area contributed by atoms with Crippen LogP contribution in [0.2, 0.25) is 0 Å². The lowest BCUT2D eigenvalue weighted by Crippen LogP contribution is -3.14. The largest absolute Gasteiger partial charge is 0.467 e. The molecule has 0 atom stereocenters. The van der Waals surface area contributed by atoms with Crippen LogP contribution in [-0.2, 0) is 16.1 Å². The zero-order chi connectivity index (χ0) is 21.5. The molecule has 0 aliphatic carbocycles. The third-order valence-corrected chi connectivity index (χ3v) is 5.21. The summed E-state index contributed by atoms with van der Waals surface area (Å²) in [5.74, 6) is -1.54. The van der Waals surface area contributed by atoms with E-state index in [4.69, 9.17) is 4.42 Å². The molecular formula is C21H27FN5O3+. The number of nitrogens with one attached hydrogen (secondary N) is 3. The standard InChI is InChI=1S/C21H26FN5O3/c1-3-26-8-10-27(11-9-26)19-7-6-16(13-18(19)22)15(2)24-25-21(29)20(28)23-14-17-5-4-12-30-17/h4-7,12-13H,3,8-11,14H2,1-2H3,(H,23,28)(H,25,29)/p+1/b24-15-. The number of furan rings is 1. The van der Waals surface area contributed by atoms with E-state index in [0.29, 0.717) is 22.7 Å². The normalized spacial score (nSPS) is 15.2. The second-order valence-electron chi connectivity index (χ2n) is 7.16. The highest BCUT2D eigenvalue weighted by Gasteiger charge is 2.21. The second kappa shape index (κ2) is 10.0. The monoisotopic (exact) mass is 416 g/mol. The molecule has 0 saturated carbocycles. The van der Waals surface area contributed by atoms with Crippen molar-refractivity contribution in [2.24, 2.45) is 5.10 Å². The second-order valence-corrected chi connectivity index (χ2v) is 7.16. The molecule has 2 amide bonds. The fourth-order valence-electron chi connectivity index (χ4n) is 3.32. The molecule has 1 fully saturated rings. The topological polar surface area (TPSA) is 91.4 Å². The Morgan fingerprint density at radius 2 is 2.00 bits per heavy atom. The molecule has 8 nitrogen and oxygen atoms in total. The van der Waals surface area contributed by atoms with Gasteiger partial charge in [-0.2, -0.15) is 5.10 Å². The molecule has 3 N–H and O–H groups in total. The van der Waals surface area contributed by atoms with Gasteiger partial charge < -0.3 is 19.5 Å². The number of likely N-dealkylation sites (N-methyl/N-ethyl adjacent to an activating group) is 1. The molecular weight excluding hydrogens is 389 g/mol. The van der Waals surface area contributed by atoms with Crippen molar-refractivity contribution in [3.63, 3.8) is 0 Å². The minimum Gasteiger partial charge on any atom is -0.467 e. The van der Waals surface area contributed by atoms with E-state index in [1.807, 2.05) is 0 Å². The number of hydrogen-bond donors (Lipinski definition) is 3. The summed E-state index contributed by atoms with van der Waals surface area (Å²) in [6, 6.07) is 8.27. The fraction of sp³-hybridized carbons (Fsp3) is 0.381. The van der Waals surface area contributed by atoms with Crippen LogP contribution in [-0.4, -0.2) is 50.2 Å². The van der Waals surface area contributed by atoms with Gasteiger partial charge in [0.2, 0.25) is 0 Å². The molecule has 1 aromatic carbocycles. The molecule has 2 heterocycles. The summed E-state index contributed by atoms with van der Waals surface area (Å²) < 4.78 is 19.8. The SMILES string of the molecule is CC[NH+]1CCN(c2ccc(/C(C)=N\NC(=O)C(=O)NCc3ccco3)cc2F)CC1. The van der Waals surface area contributed by atoms with Crippen molar-refractivity contribution in [2.75, 3.05) is 37.6 Å². The average molecular weight is 416 g/mol. The Kier molecular flexibility index (Phi) is 7.18. The van der Waals surface area contributed by atoms with Crippen LogP contribution in [0.4, 0.5) is 10.1 Å². The number of amides is 2. The van der Waals surface area contributed by atoms with E-state index in [1.54, 1.807) is 31.2 Å². The van der Waals surface area contributed by atoms with Gasteiger partial charge in [0.1, 0.15) is 11.6 Å². The van der Waals surface area contributed by atoms with E-state index < -0.39 is 11.8 Å². The number of piperazine rings is 1. The van der Waals surface area contributed by atoms with Crippen molar-refractivity contribution >= 4 is 23.2 Å². The number of rotatable bonds is 6. The van der Waals surface area contributed by atoms with E-state index in [9.17, 15) is 14.0 Å². The lowest BCUT2D eigenvalue weighted by molar-refractivity contribution is -0.898. The molecule has 0 spiro atoms. The predicted octanol–water partition coefficient (Wildman–Crippen LogP) is 0.300. The molecule has 30 heavy (non-hydrogen) atoms. The summed E-state index contributed by atoms with van der Waals surface area (Å²) in [4.78, 5) is 27.3. The molecule has 0 radical (unpaired) electrons. The van der Waals surface area contributed by atoms with Crippen LogP contribution < -0.4 is 20.5 Å². The first kappa shape index (κ1) is 21.5. The van der Waals surface area contributed by atoms with Crippen LogP contribution in [0.5, 0.6) is 0 Å². The van der Waals surface area contributed by atoms with Gasteiger partial charge >= 0.3 is 11.8 Å². The van der Waals surface area contributed by atoms with Gasteiger partial charge in [-0.05, 0) is 38.1 Å². The number of halogens is 1. The van der Waals surface area contributed by atoms with Crippen molar-refractivity contribution in [3.8, 4) is 0 Å². The van der Waals surface area contributed by atoms with Gasteiger partial charge in [0.05, 0.1) is 56.9 Å². The van der Waals surface area contributed by atoms with E-state index in [1.165, 1.54) is 17.2 Å². The Hall–Kier alpha value is -3.20. The highest BCUT2D eigenvalue weighted by atomic mass is 19.1. The van der Waals surface area contributed by atoms with Crippen LogP contribution in [0.1, 0.15) is 25.2 Å². The first-order chi connectivity index (χ1) is 14.5. The van der Waals surface area contributed by atoms with Gasteiger partial charge in [-0.25, -0.2) is 9.82 Å². The molecule has 1 aliphatic rings. The summed E-state index contributed by atoms with van der Waals surface area (Å²) in [5, 5.41) is 6.34. The average Bonchev–Trinajstić information content (AvgIpc) is 3.29. The maximum absolute atomic E-state index is 14.7. The van der Waals surface area contributed by atoms with Gasteiger partial charge in [-0.1, -0.05) is 6.07 Å². The minimum absolute atomic E-state index is 0.0998. The fourth-order valence-corrected chi connectivity index (χ4v) is 3.32. The zero-order valence-electron chi connectivity index (χ0n) is 17.2. The molecule has 1 aromatic heterocycles. The summed E-state index contributed by atoms with van der Waals surface area (Å²) in [6.07, 6.45) is 1.48. The van der Waals surface area contributed by atoms with E-state index >= 15 is 0 Å². The van der Waals surface area contributed by atoms with E-state index in [0.717, 1.165) is 32.7 Å². The number of carbonyl (C=O) groups is 2. The van der Waals surface area contributed by atoms with E-state index in [2.05, 4.69) is 27.7 Å². The number of hydrazone groups is 1. The zero-order valence-corrected chi connectivity index (χ0v) is 17.2. The van der Waals surface area contributed by atoms with Gasteiger partial charge in [-0.3, -0.25) is 9.59 Å². The van der Waals surface area contributed by atoms with Crippen LogP contribution >= 0.6 is 0 Å². The highest BCUT2D eigenvalue weighted by molar-refractivity contribution is 6.35. The smallest absolute Gasteiger partial charge is 0.329 e. The summed E-state index contributed by atoms with van der Waals surface area (Å²) in [7, 11) is 0. The molecule has 0 bridgehead atoms. The van der Waals surface area contributed by atoms with Crippen LogP contribution in [0.15, 0.2) is 46.1 Å². The van der Waals surface area contributed by atoms with Crippen molar-refractivity contribution in [3.05, 3.63) is 53.7 Å². The third-order valence-electron chi connectivity index (χ3n) is 5.21. The summed E-state index contributed by atoms with van der Waals surface area (Å²) in [5.41, 5.74) is 3.69. The number of nitrogens with zero attached hydrogens (tertiary/aromatic N) is 2. The Bertz CT molecular complexity index is 905. The Balaban J connectivity index is 1.56. The number of anilines is 1. The Labute approximate surface area is 174 Å². The minimum atomic E-state index is -0.908. The van der Waals surface area contributed by atoms with Gasteiger partial charge in [0.15, 0.2) is 0 Å². The van der Waals surface area contributed by atoms with E-state index in [-0.39, 0.29) is 12.4 Å². The van der Waals surface area contributed by atoms with Crippen molar-refractivity contribution in [1.29, 1.82) is 0 Å². The maximum atomic E-state index is 14.7. The lowest BCUT2D eigenvalue weighted by Gasteiger charge is -2.33. The molecule has 3 rings (SSSR count). The van der Waals surface area contributed by atoms with Crippen LogP contribution in [0, 0.1) is 5.82 Å². The maximum Gasteiger partial charge on any atom is 0.329 e. The lowest BCUT2D eigenvalue weighted by atomic mass is 10.1. The molecule has 160 valence electrons. The molecule has 1 saturated heterocycles. The molecule has 2 aromatic rings. The number of quaternary nitrogens is 1. The number of hydrogen-bond acceptors (Lipinski definition) is 5. The predicted molar refractivity (Wildman–Crippen MR) is 111 cm³/mol. The first-order valence-electron chi connectivity index (χ1n) is 10.0. The van der Waals surface area contributed by atoms with Gasteiger partial charge in [0.25, 0.3) is 0 Å². The first-order valence-corrected chi connectivity index (χ1v) is 10.0. The van der Waals surface area contributed by atoms with Gasteiger partial charge in [-0.15, -0.1) is 0 Å². The molecule has 0 unspecified atom stereocenters. The third kappa shape index (κ3) is 5.44. The van der Waals surface area contributed by atoms with Crippen molar-refractivity contribution in [2.45, 2.75) is 20.4 Å². The summed E-state index contributed by atoms with van der Waals surface area (Å²) >= 11 is 0. The number of carbonyl (C=O) groups excluding carboxylic acids is 2. The van der Waals surface area contributed by atoms with Crippen molar-refractivity contribution in [1.82, 2.24) is 10.7 Å². The highest BCUT2D eigenvalue weighted by Crippen LogP contribution is 2.21. The molecule has 1 aliphatic heterocycles.